The Bertz CT molecular complexity index is 460. The van der Waals surface area contributed by atoms with Crippen LogP contribution in [0.15, 0.2) is 6.07 Å². The highest BCUT2D eigenvalue weighted by Gasteiger charge is 2.18. The Balaban J connectivity index is 2.33. The van der Waals surface area contributed by atoms with Crippen LogP contribution in [-0.2, 0) is 13.0 Å². The Labute approximate surface area is 107 Å². The van der Waals surface area contributed by atoms with Gasteiger partial charge >= 0.3 is 0 Å². The first kappa shape index (κ1) is 12.6. The number of pyridine rings is 1. The van der Waals surface area contributed by atoms with Gasteiger partial charge in [-0.25, -0.2) is 4.98 Å². The Hall–Kier alpha value is -1.82. The topological polar surface area (TPSA) is 73.3 Å². The second kappa shape index (κ2) is 5.22. The van der Waals surface area contributed by atoms with Crippen LogP contribution in [0, 0.1) is 5.41 Å². The first-order valence-electron chi connectivity index (χ1n) is 5.92. The minimum atomic E-state index is 0.221. The van der Waals surface area contributed by atoms with Crippen molar-refractivity contribution in [3.63, 3.8) is 0 Å². The summed E-state index contributed by atoms with van der Waals surface area (Å²) in [5.41, 5.74) is 3.01. The van der Waals surface area contributed by atoms with Gasteiger partial charge in [-0.2, -0.15) is 0 Å². The Morgan fingerprint density at radius 1 is 1.56 bits per heavy atom. The van der Waals surface area contributed by atoms with Crippen molar-refractivity contribution in [3.8, 4) is 5.88 Å². The van der Waals surface area contributed by atoms with Gasteiger partial charge in [0.25, 0.3) is 0 Å². The number of nitrogens with one attached hydrogen (secondary N) is 3. The van der Waals surface area contributed by atoms with Gasteiger partial charge in [-0.05, 0) is 18.7 Å². The molecule has 0 spiro atoms. The number of hydrogen-bond acceptors (Lipinski definition) is 4. The first-order valence-corrected chi connectivity index (χ1v) is 5.92. The number of methoxy groups -OCH3 is 1. The highest BCUT2D eigenvalue weighted by atomic mass is 16.5. The van der Waals surface area contributed by atoms with Gasteiger partial charge in [0.1, 0.15) is 5.69 Å². The molecule has 2 rings (SSSR count). The molecular weight excluding hydrogens is 230 g/mol. The maximum absolute atomic E-state index is 7.61. The molecule has 0 bridgehead atoms. The van der Waals surface area contributed by atoms with E-state index >= 15 is 0 Å². The van der Waals surface area contributed by atoms with Crippen molar-refractivity contribution >= 4 is 11.6 Å². The summed E-state index contributed by atoms with van der Waals surface area (Å²) < 4.78 is 5.27. The van der Waals surface area contributed by atoms with E-state index in [1.165, 1.54) is 5.56 Å². The molecule has 0 saturated carbocycles. The third-order valence-electron chi connectivity index (χ3n) is 3.03. The van der Waals surface area contributed by atoms with Crippen molar-refractivity contribution in [2.45, 2.75) is 13.0 Å². The molecule has 1 aliphatic rings. The molecule has 0 aromatic carbocycles. The Morgan fingerprint density at radius 3 is 3.00 bits per heavy atom. The third kappa shape index (κ3) is 2.53. The lowest BCUT2D eigenvalue weighted by Gasteiger charge is -2.25. The summed E-state index contributed by atoms with van der Waals surface area (Å²) in [6.07, 6.45) is 0.936. The molecule has 6 heteroatoms. The first-order chi connectivity index (χ1) is 8.63. The lowest BCUT2D eigenvalue weighted by atomic mass is 10.1. The van der Waals surface area contributed by atoms with E-state index in [0.29, 0.717) is 5.88 Å². The summed E-state index contributed by atoms with van der Waals surface area (Å²) in [5.74, 6) is 0.762. The standard InChI is InChI=1S/C12H19N5O/c1-14-12(13)16-10-6-8-7-17(2)5-4-9(8)15-11(10)18-3/h6H,4-5,7H2,1-3H3,(H3,13,14,16). The van der Waals surface area contributed by atoms with Gasteiger partial charge < -0.3 is 20.3 Å². The molecule has 1 aliphatic heterocycles. The van der Waals surface area contributed by atoms with Crippen molar-refractivity contribution in [1.82, 2.24) is 15.2 Å². The molecule has 0 aliphatic carbocycles. The molecule has 0 fully saturated rings. The number of hydrogen-bond donors (Lipinski definition) is 3. The summed E-state index contributed by atoms with van der Waals surface area (Å²) in [5, 5.41) is 13.3. The molecule has 98 valence electrons. The van der Waals surface area contributed by atoms with Crippen LogP contribution in [0.1, 0.15) is 11.3 Å². The van der Waals surface area contributed by atoms with Crippen molar-refractivity contribution in [1.29, 1.82) is 5.41 Å². The zero-order chi connectivity index (χ0) is 13.1. The molecule has 0 amide bonds. The average molecular weight is 249 g/mol. The van der Waals surface area contributed by atoms with Gasteiger partial charge in [0, 0.05) is 26.6 Å². The van der Waals surface area contributed by atoms with Crippen molar-refractivity contribution in [3.05, 3.63) is 17.3 Å². The summed E-state index contributed by atoms with van der Waals surface area (Å²) in [7, 11) is 5.38. The number of fused-ring (bicyclic) bond motifs is 1. The van der Waals surface area contributed by atoms with Crippen LogP contribution in [0.25, 0.3) is 0 Å². The molecule has 6 nitrogen and oxygen atoms in total. The second-order valence-corrected chi connectivity index (χ2v) is 4.39. The fraction of sp³-hybridized carbons (Fsp3) is 0.500. The SMILES string of the molecule is CNC(=N)Nc1cc2c(nc1OC)CCN(C)C2. The predicted octanol–water partition coefficient (Wildman–Crippen LogP) is 0.644. The van der Waals surface area contributed by atoms with Gasteiger partial charge in [0.2, 0.25) is 5.88 Å². The molecule has 1 aromatic heterocycles. The molecule has 3 N–H and O–H groups in total. The maximum atomic E-state index is 7.61. The van der Waals surface area contributed by atoms with E-state index in [-0.39, 0.29) is 5.96 Å². The van der Waals surface area contributed by atoms with E-state index in [9.17, 15) is 0 Å². The van der Waals surface area contributed by atoms with E-state index in [4.69, 9.17) is 10.1 Å². The molecule has 1 aromatic rings. The smallest absolute Gasteiger partial charge is 0.237 e. The Kier molecular flexibility index (Phi) is 3.66. The van der Waals surface area contributed by atoms with Crippen LogP contribution >= 0.6 is 0 Å². The van der Waals surface area contributed by atoms with Crippen molar-refractivity contribution in [2.24, 2.45) is 0 Å². The highest BCUT2D eigenvalue weighted by molar-refractivity contribution is 5.92. The molecule has 2 heterocycles. The average Bonchev–Trinajstić information content (AvgIpc) is 2.37. The van der Waals surface area contributed by atoms with Crippen LogP contribution in [0.3, 0.4) is 0 Å². The van der Waals surface area contributed by atoms with Crippen molar-refractivity contribution in [2.75, 3.05) is 33.1 Å². The van der Waals surface area contributed by atoms with Crippen LogP contribution < -0.4 is 15.4 Å². The lowest BCUT2D eigenvalue weighted by molar-refractivity contribution is 0.307. The normalized spacial score (nSPS) is 14.8. The van der Waals surface area contributed by atoms with Crippen LogP contribution in [0.4, 0.5) is 5.69 Å². The zero-order valence-electron chi connectivity index (χ0n) is 11.0. The van der Waals surface area contributed by atoms with E-state index in [0.717, 1.165) is 30.9 Å². The summed E-state index contributed by atoms with van der Waals surface area (Å²) in [6, 6.07) is 2.02. The fourth-order valence-corrected chi connectivity index (χ4v) is 2.04. The van der Waals surface area contributed by atoms with Crippen LogP contribution in [0.2, 0.25) is 0 Å². The van der Waals surface area contributed by atoms with Gasteiger partial charge in [0.05, 0.1) is 12.8 Å². The molecule has 0 unspecified atom stereocenters. The molecule has 0 atom stereocenters. The number of aromatic nitrogens is 1. The highest BCUT2D eigenvalue weighted by Crippen LogP contribution is 2.27. The maximum Gasteiger partial charge on any atom is 0.237 e. The number of nitrogens with zero attached hydrogens (tertiary/aromatic N) is 2. The van der Waals surface area contributed by atoms with E-state index in [1.54, 1.807) is 14.2 Å². The summed E-state index contributed by atoms with van der Waals surface area (Å²) >= 11 is 0. The lowest BCUT2D eigenvalue weighted by Crippen LogP contribution is -2.29. The number of rotatable bonds is 2. The van der Waals surface area contributed by atoms with Gasteiger partial charge in [-0.3, -0.25) is 5.41 Å². The van der Waals surface area contributed by atoms with Crippen LogP contribution in [0.5, 0.6) is 5.88 Å². The molecule has 0 radical (unpaired) electrons. The molecular formula is C12H19N5O. The number of ether oxygens (including phenoxy) is 1. The summed E-state index contributed by atoms with van der Waals surface area (Å²) in [6.45, 7) is 1.90. The van der Waals surface area contributed by atoms with E-state index in [2.05, 4.69) is 27.6 Å². The minimum Gasteiger partial charge on any atom is -0.480 e. The minimum absolute atomic E-state index is 0.221. The largest absolute Gasteiger partial charge is 0.480 e. The number of likely N-dealkylation sites (N-methyl/N-ethyl adjacent to an activating group) is 1. The van der Waals surface area contributed by atoms with E-state index in [1.807, 2.05) is 6.07 Å². The second-order valence-electron chi connectivity index (χ2n) is 4.39. The predicted molar refractivity (Wildman–Crippen MR) is 71.2 cm³/mol. The number of anilines is 1. The number of guanidine groups is 1. The van der Waals surface area contributed by atoms with Gasteiger partial charge in [0.15, 0.2) is 5.96 Å². The van der Waals surface area contributed by atoms with Gasteiger partial charge in [-0.1, -0.05) is 0 Å². The fourth-order valence-electron chi connectivity index (χ4n) is 2.04. The molecule has 18 heavy (non-hydrogen) atoms. The van der Waals surface area contributed by atoms with E-state index < -0.39 is 0 Å². The quantitative estimate of drug-likeness (QED) is 0.530. The van der Waals surface area contributed by atoms with Crippen LogP contribution in [-0.4, -0.2) is 43.6 Å². The zero-order valence-corrected chi connectivity index (χ0v) is 11.0. The monoisotopic (exact) mass is 249 g/mol. The Morgan fingerprint density at radius 2 is 2.33 bits per heavy atom. The molecule has 0 saturated heterocycles. The van der Waals surface area contributed by atoms with Gasteiger partial charge in [-0.15, -0.1) is 0 Å². The van der Waals surface area contributed by atoms with Crippen molar-refractivity contribution < 1.29 is 4.74 Å². The third-order valence-corrected chi connectivity index (χ3v) is 3.03. The summed E-state index contributed by atoms with van der Waals surface area (Å²) in [4.78, 5) is 6.77.